The van der Waals surface area contributed by atoms with Gasteiger partial charge in [-0.05, 0) is 24.8 Å². The van der Waals surface area contributed by atoms with E-state index in [9.17, 15) is 0 Å². The van der Waals surface area contributed by atoms with Crippen LogP contribution in [0.5, 0.6) is 0 Å². The van der Waals surface area contributed by atoms with Gasteiger partial charge < -0.3 is 5.73 Å². The molecule has 0 aromatic carbocycles. The number of hydrogen-bond donors (Lipinski definition) is 1. The van der Waals surface area contributed by atoms with Gasteiger partial charge in [0.05, 0.1) is 5.69 Å². The monoisotopic (exact) mass is 191 g/mol. The molecule has 1 aromatic heterocycles. The summed E-state index contributed by atoms with van der Waals surface area (Å²) in [6.07, 6.45) is 7.13. The van der Waals surface area contributed by atoms with E-state index >= 15 is 0 Å². The molecule has 0 amide bonds. The molecule has 2 N–H and O–H groups in total. The number of nitrogens with zero attached hydrogens (tertiary/aromatic N) is 2. The van der Waals surface area contributed by atoms with E-state index < -0.39 is 0 Å². The largest absolute Gasteiger partial charge is 0.330 e. The van der Waals surface area contributed by atoms with Crippen LogP contribution in [0.25, 0.3) is 0 Å². The Morgan fingerprint density at radius 2 is 2.50 bits per heavy atom. The lowest BCUT2D eigenvalue weighted by atomic mass is 9.76. The minimum Gasteiger partial charge on any atom is -0.330 e. The Labute approximate surface area is 84.8 Å². The molecule has 2 rings (SSSR count). The third kappa shape index (κ3) is 1.32. The van der Waals surface area contributed by atoms with E-state index in [1.165, 1.54) is 19.3 Å². The second kappa shape index (κ2) is 3.65. The van der Waals surface area contributed by atoms with Crippen LogP contribution in [0.2, 0.25) is 0 Å². The second-order valence-corrected chi connectivity index (χ2v) is 4.25. The van der Waals surface area contributed by atoms with Crippen molar-refractivity contribution in [3.05, 3.63) is 24.3 Å². The van der Waals surface area contributed by atoms with Crippen LogP contribution in [0.15, 0.2) is 18.6 Å². The van der Waals surface area contributed by atoms with Crippen LogP contribution >= 0.6 is 0 Å². The van der Waals surface area contributed by atoms with E-state index in [4.69, 9.17) is 5.73 Å². The summed E-state index contributed by atoms with van der Waals surface area (Å²) in [5.41, 5.74) is 7.17. The Balaban J connectivity index is 2.38. The highest BCUT2D eigenvalue weighted by Crippen LogP contribution is 2.43. The first kappa shape index (κ1) is 9.59. The lowest BCUT2D eigenvalue weighted by Crippen LogP contribution is -2.38. The van der Waals surface area contributed by atoms with Crippen molar-refractivity contribution in [2.45, 2.75) is 31.6 Å². The van der Waals surface area contributed by atoms with Gasteiger partial charge in [-0.25, -0.2) is 9.97 Å². The van der Waals surface area contributed by atoms with Crippen LogP contribution in [-0.2, 0) is 5.41 Å². The highest BCUT2D eigenvalue weighted by Gasteiger charge is 2.41. The number of rotatable bonds is 2. The summed E-state index contributed by atoms with van der Waals surface area (Å²) in [5, 5.41) is 0. The molecule has 3 nitrogen and oxygen atoms in total. The molecule has 1 aromatic rings. The quantitative estimate of drug-likeness (QED) is 0.770. The van der Waals surface area contributed by atoms with Crippen molar-refractivity contribution >= 4 is 0 Å². The van der Waals surface area contributed by atoms with Gasteiger partial charge in [-0.1, -0.05) is 13.3 Å². The Morgan fingerprint density at radius 3 is 3.00 bits per heavy atom. The van der Waals surface area contributed by atoms with Crippen LogP contribution in [0.1, 0.15) is 31.9 Å². The van der Waals surface area contributed by atoms with Crippen molar-refractivity contribution < 1.29 is 0 Å². The van der Waals surface area contributed by atoms with Gasteiger partial charge in [0.2, 0.25) is 0 Å². The summed E-state index contributed by atoms with van der Waals surface area (Å²) < 4.78 is 0. The third-order valence-corrected chi connectivity index (χ3v) is 3.66. The second-order valence-electron chi connectivity index (χ2n) is 4.25. The Bertz CT molecular complexity index is 299. The van der Waals surface area contributed by atoms with Gasteiger partial charge >= 0.3 is 0 Å². The van der Waals surface area contributed by atoms with Gasteiger partial charge in [-0.15, -0.1) is 0 Å². The first-order valence-electron chi connectivity index (χ1n) is 5.26. The third-order valence-electron chi connectivity index (χ3n) is 3.66. The van der Waals surface area contributed by atoms with Gasteiger partial charge in [-0.2, -0.15) is 0 Å². The van der Waals surface area contributed by atoms with E-state index in [-0.39, 0.29) is 5.41 Å². The molecule has 2 atom stereocenters. The lowest BCUT2D eigenvalue weighted by molar-refractivity contribution is 0.336. The summed E-state index contributed by atoms with van der Waals surface area (Å²) in [5.74, 6) is 0.641. The Kier molecular flexibility index (Phi) is 2.50. The number of aromatic nitrogens is 2. The average Bonchev–Trinajstić information content (AvgIpc) is 2.62. The molecule has 2 unspecified atom stereocenters. The molecule has 1 saturated carbocycles. The fraction of sp³-hybridized carbons (Fsp3) is 0.636. The summed E-state index contributed by atoms with van der Waals surface area (Å²) in [6, 6.07) is 2.01. The molecule has 76 valence electrons. The summed E-state index contributed by atoms with van der Waals surface area (Å²) in [7, 11) is 0. The normalized spacial score (nSPS) is 32.0. The molecular weight excluding hydrogens is 174 g/mol. The first-order valence-corrected chi connectivity index (χ1v) is 5.26. The van der Waals surface area contributed by atoms with Crippen LogP contribution < -0.4 is 5.73 Å². The molecule has 0 spiro atoms. The maximum absolute atomic E-state index is 5.93. The van der Waals surface area contributed by atoms with Gasteiger partial charge in [-0.3, -0.25) is 0 Å². The fourth-order valence-corrected chi connectivity index (χ4v) is 2.62. The zero-order chi connectivity index (χ0) is 10.0. The lowest BCUT2D eigenvalue weighted by Gasteiger charge is -2.31. The molecule has 1 heterocycles. The standard InChI is InChI=1S/C11H17N3/c1-9-3-2-5-11(9,7-12)10-4-6-13-8-14-10/h4,6,8-9H,2-3,5,7,12H2,1H3. The topological polar surface area (TPSA) is 51.8 Å². The molecule has 1 aliphatic carbocycles. The molecule has 3 heteroatoms. The van der Waals surface area contributed by atoms with Gasteiger partial charge in [0.1, 0.15) is 6.33 Å². The molecule has 1 fully saturated rings. The summed E-state index contributed by atoms with van der Waals surface area (Å²) in [4.78, 5) is 8.32. The van der Waals surface area contributed by atoms with Crippen molar-refractivity contribution in [2.24, 2.45) is 11.7 Å². The van der Waals surface area contributed by atoms with Gasteiger partial charge in [0.15, 0.2) is 0 Å². The van der Waals surface area contributed by atoms with Crippen LogP contribution in [0.4, 0.5) is 0 Å². The SMILES string of the molecule is CC1CCCC1(CN)c1ccncn1. The van der Waals surface area contributed by atoms with Gasteiger partial charge in [0.25, 0.3) is 0 Å². The first-order chi connectivity index (χ1) is 6.79. The summed E-state index contributed by atoms with van der Waals surface area (Å²) >= 11 is 0. The summed E-state index contributed by atoms with van der Waals surface area (Å²) in [6.45, 7) is 2.98. The fourth-order valence-electron chi connectivity index (χ4n) is 2.62. The molecule has 0 radical (unpaired) electrons. The minimum atomic E-state index is 0.114. The molecule has 0 bridgehead atoms. The minimum absolute atomic E-state index is 0.114. The Morgan fingerprint density at radius 1 is 1.64 bits per heavy atom. The van der Waals surface area contributed by atoms with Crippen LogP contribution in [-0.4, -0.2) is 16.5 Å². The molecule has 14 heavy (non-hydrogen) atoms. The van der Waals surface area contributed by atoms with Crippen molar-refractivity contribution in [1.29, 1.82) is 0 Å². The zero-order valence-corrected chi connectivity index (χ0v) is 8.61. The van der Waals surface area contributed by atoms with E-state index in [2.05, 4.69) is 16.9 Å². The van der Waals surface area contributed by atoms with Gasteiger partial charge in [0, 0.05) is 18.2 Å². The van der Waals surface area contributed by atoms with Crippen molar-refractivity contribution in [1.82, 2.24) is 9.97 Å². The van der Waals surface area contributed by atoms with Crippen LogP contribution in [0, 0.1) is 5.92 Å². The highest BCUT2D eigenvalue weighted by molar-refractivity contribution is 5.19. The van der Waals surface area contributed by atoms with Crippen molar-refractivity contribution in [3.63, 3.8) is 0 Å². The maximum Gasteiger partial charge on any atom is 0.115 e. The zero-order valence-electron chi connectivity index (χ0n) is 8.61. The maximum atomic E-state index is 5.93. The predicted molar refractivity (Wildman–Crippen MR) is 55.8 cm³/mol. The molecular formula is C11H17N3. The Hall–Kier alpha value is -0.960. The van der Waals surface area contributed by atoms with E-state index in [0.717, 1.165) is 5.69 Å². The average molecular weight is 191 g/mol. The van der Waals surface area contributed by atoms with Crippen molar-refractivity contribution in [2.75, 3.05) is 6.54 Å². The van der Waals surface area contributed by atoms with E-state index in [0.29, 0.717) is 12.5 Å². The molecule has 1 aliphatic rings. The molecule has 0 aliphatic heterocycles. The van der Waals surface area contributed by atoms with Crippen molar-refractivity contribution in [3.8, 4) is 0 Å². The molecule has 0 saturated heterocycles. The van der Waals surface area contributed by atoms with Crippen LogP contribution in [0.3, 0.4) is 0 Å². The smallest absolute Gasteiger partial charge is 0.115 e. The van der Waals surface area contributed by atoms with E-state index in [1.54, 1.807) is 6.33 Å². The number of nitrogens with two attached hydrogens (primary N) is 1. The predicted octanol–water partition coefficient (Wildman–Crippen LogP) is 1.49. The highest BCUT2D eigenvalue weighted by atomic mass is 14.8. The van der Waals surface area contributed by atoms with E-state index in [1.807, 2.05) is 12.3 Å². The number of hydrogen-bond acceptors (Lipinski definition) is 3.